The average molecular weight is 323 g/mol. The van der Waals surface area contributed by atoms with Gasteiger partial charge < -0.3 is 5.11 Å². The van der Waals surface area contributed by atoms with Gasteiger partial charge in [-0.3, -0.25) is 4.68 Å². The molecule has 1 unspecified atom stereocenters. The van der Waals surface area contributed by atoms with E-state index in [9.17, 15) is 5.11 Å². The van der Waals surface area contributed by atoms with Crippen molar-refractivity contribution in [2.75, 3.05) is 0 Å². The van der Waals surface area contributed by atoms with Crippen molar-refractivity contribution in [3.05, 3.63) is 52.3 Å². The number of nitrogens with zero attached hydrogens (tertiary/aromatic N) is 2. The van der Waals surface area contributed by atoms with Crippen molar-refractivity contribution in [1.82, 2.24) is 9.78 Å². The van der Waals surface area contributed by atoms with Gasteiger partial charge in [0, 0.05) is 23.1 Å². The highest BCUT2D eigenvalue weighted by Crippen LogP contribution is 2.27. The molecule has 0 fully saturated rings. The largest absolute Gasteiger partial charge is 0.385 e. The number of hydrogen-bond acceptors (Lipinski definition) is 2. The van der Waals surface area contributed by atoms with E-state index >= 15 is 0 Å². The van der Waals surface area contributed by atoms with Gasteiger partial charge in [-0.1, -0.05) is 28.1 Å². The molecule has 0 spiro atoms. The zero-order valence-electron chi connectivity index (χ0n) is 11.5. The maximum Gasteiger partial charge on any atom is 0.0924 e. The summed E-state index contributed by atoms with van der Waals surface area (Å²) in [6, 6.07) is 10.1. The lowest BCUT2D eigenvalue weighted by atomic mass is 9.91. The average Bonchev–Trinajstić information content (AvgIpc) is 2.77. The topological polar surface area (TPSA) is 38.0 Å². The minimum Gasteiger partial charge on any atom is -0.385 e. The second kappa shape index (κ2) is 5.47. The van der Waals surface area contributed by atoms with E-state index in [1.54, 1.807) is 0 Å². The van der Waals surface area contributed by atoms with Crippen LogP contribution < -0.4 is 0 Å². The predicted molar refractivity (Wildman–Crippen MR) is 80.0 cm³/mol. The van der Waals surface area contributed by atoms with Crippen LogP contribution in [0.25, 0.3) is 0 Å². The minimum atomic E-state index is -0.917. The molecule has 0 aliphatic carbocycles. The molecule has 0 bridgehead atoms. The number of aromatic nitrogens is 2. The summed E-state index contributed by atoms with van der Waals surface area (Å²) in [5.74, 6) is 0. The van der Waals surface area contributed by atoms with Crippen LogP contribution in [-0.4, -0.2) is 14.9 Å². The summed E-state index contributed by atoms with van der Waals surface area (Å²) in [5, 5.41) is 15.1. The summed E-state index contributed by atoms with van der Waals surface area (Å²) in [6.07, 6.45) is 2.46. The molecule has 2 aromatic rings. The number of halogens is 1. The molecule has 0 aliphatic rings. The molecule has 0 amide bonds. The Labute approximate surface area is 122 Å². The van der Waals surface area contributed by atoms with Crippen LogP contribution in [-0.2, 0) is 12.0 Å². The third-order valence-corrected chi connectivity index (χ3v) is 3.66. The van der Waals surface area contributed by atoms with Crippen molar-refractivity contribution in [3.8, 4) is 0 Å². The lowest BCUT2D eigenvalue weighted by molar-refractivity contribution is 0.0563. The standard InChI is InChI=1S/C15H19BrN2O/c1-11(2)18-8-7-14(17-18)10-15(3,19)12-5-4-6-13(16)9-12/h4-9,11,19H,10H2,1-3H3. The first-order valence-corrected chi connectivity index (χ1v) is 7.20. The van der Waals surface area contributed by atoms with E-state index in [2.05, 4.69) is 34.9 Å². The van der Waals surface area contributed by atoms with Gasteiger partial charge in [0.1, 0.15) is 0 Å². The Balaban J connectivity index is 2.20. The van der Waals surface area contributed by atoms with E-state index in [1.807, 2.05) is 48.1 Å². The monoisotopic (exact) mass is 322 g/mol. The molecule has 0 saturated carbocycles. The van der Waals surface area contributed by atoms with Gasteiger partial charge in [-0.15, -0.1) is 0 Å². The Morgan fingerprint density at radius 3 is 2.68 bits per heavy atom. The Kier molecular flexibility index (Phi) is 4.11. The number of hydrogen-bond donors (Lipinski definition) is 1. The van der Waals surface area contributed by atoms with Crippen molar-refractivity contribution in [3.63, 3.8) is 0 Å². The van der Waals surface area contributed by atoms with Crippen LogP contribution in [0.5, 0.6) is 0 Å². The van der Waals surface area contributed by atoms with E-state index in [-0.39, 0.29) is 0 Å². The lowest BCUT2D eigenvalue weighted by Gasteiger charge is -2.23. The lowest BCUT2D eigenvalue weighted by Crippen LogP contribution is -2.24. The molecule has 1 aromatic carbocycles. The molecule has 102 valence electrons. The fraction of sp³-hybridized carbons (Fsp3) is 0.400. The van der Waals surface area contributed by atoms with Crippen molar-refractivity contribution in [2.24, 2.45) is 0 Å². The highest BCUT2D eigenvalue weighted by atomic mass is 79.9. The fourth-order valence-electron chi connectivity index (χ4n) is 2.04. The van der Waals surface area contributed by atoms with E-state index < -0.39 is 5.60 Å². The molecule has 0 saturated heterocycles. The molecule has 0 radical (unpaired) electrons. The maximum atomic E-state index is 10.6. The molecular weight excluding hydrogens is 304 g/mol. The van der Waals surface area contributed by atoms with Crippen LogP contribution in [0.1, 0.15) is 38.1 Å². The normalized spacial score (nSPS) is 14.6. The Morgan fingerprint density at radius 1 is 1.37 bits per heavy atom. The van der Waals surface area contributed by atoms with Crippen molar-refractivity contribution >= 4 is 15.9 Å². The van der Waals surface area contributed by atoms with Gasteiger partial charge in [-0.25, -0.2) is 0 Å². The van der Waals surface area contributed by atoms with E-state index in [1.165, 1.54) is 0 Å². The van der Waals surface area contributed by atoms with Crippen LogP contribution in [0.15, 0.2) is 41.0 Å². The maximum absolute atomic E-state index is 10.6. The molecule has 2 rings (SSSR count). The Hall–Kier alpha value is -1.13. The SMILES string of the molecule is CC(C)n1ccc(CC(C)(O)c2cccc(Br)c2)n1. The van der Waals surface area contributed by atoms with Gasteiger partial charge in [0.2, 0.25) is 0 Å². The van der Waals surface area contributed by atoms with Crippen LogP contribution in [0.2, 0.25) is 0 Å². The van der Waals surface area contributed by atoms with Gasteiger partial charge in [-0.2, -0.15) is 5.10 Å². The highest BCUT2D eigenvalue weighted by molar-refractivity contribution is 9.10. The van der Waals surface area contributed by atoms with Gasteiger partial charge in [0.05, 0.1) is 11.3 Å². The second-order valence-corrected chi connectivity index (χ2v) is 6.26. The zero-order valence-corrected chi connectivity index (χ0v) is 13.1. The van der Waals surface area contributed by atoms with Gasteiger partial charge >= 0.3 is 0 Å². The molecule has 1 N–H and O–H groups in total. The molecule has 4 heteroatoms. The van der Waals surface area contributed by atoms with Crippen molar-refractivity contribution in [2.45, 2.75) is 38.8 Å². The first kappa shape index (κ1) is 14.3. The summed E-state index contributed by atoms with van der Waals surface area (Å²) < 4.78 is 2.88. The summed E-state index contributed by atoms with van der Waals surface area (Å²) in [4.78, 5) is 0. The summed E-state index contributed by atoms with van der Waals surface area (Å²) in [7, 11) is 0. The predicted octanol–water partition coefficient (Wildman–Crippen LogP) is 3.68. The molecule has 3 nitrogen and oxygen atoms in total. The summed E-state index contributed by atoms with van der Waals surface area (Å²) >= 11 is 3.43. The second-order valence-electron chi connectivity index (χ2n) is 5.34. The molecule has 19 heavy (non-hydrogen) atoms. The molecule has 1 aromatic heterocycles. The third kappa shape index (κ3) is 3.45. The van der Waals surface area contributed by atoms with Gasteiger partial charge in [0.15, 0.2) is 0 Å². The Morgan fingerprint density at radius 2 is 2.11 bits per heavy atom. The quantitative estimate of drug-likeness (QED) is 0.932. The van der Waals surface area contributed by atoms with Crippen LogP contribution in [0, 0.1) is 0 Å². The smallest absolute Gasteiger partial charge is 0.0924 e. The van der Waals surface area contributed by atoms with E-state index in [4.69, 9.17) is 0 Å². The minimum absolute atomic E-state index is 0.338. The molecule has 1 heterocycles. The van der Waals surface area contributed by atoms with Crippen LogP contribution >= 0.6 is 15.9 Å². The van der Waals surface area contributed by atoms with Crippen molar-refractivity contribution in [1.29, 1.82) is 0 Å². The van der Waals surface area contributed by atoms with Gasteiger partial charge in [-0.05, 0) is 44.5 Å². The summed E-state index contributed by atoms with van der Waals surface area (Å²) in [6.45, 7) is 6.00. The number of rotatable bonds is 4. The van der Waals surface area contributed by atoms with Crippen molar-refractivity contribution < 1.29 is 5.11 Å². The number of benzene rings is 1. The molecule has 0 aliphatic heterocycles. The van der Waals surface area contributed by atoms with E-state index in [0.717, 1.165) is 15.7 Å². The number of aliphatic hydroxyl groups is 1. The fourth-order valence-corrected chi connectivity index (χ4v) is 2.44. The van der Waals surface area contributed by atoms with E-state index in [0.29, 0.717) is 12.5 Å². The summed E-state index contributed by atoms with van der Waals surface area (Å²) in [5.41, 5.74) is 0.875. The molecular formula is C15H19BrN2O. The van der Waals surface area contributed by atoms with Gasteiger partial charge in [0.25, 0.3) is 0 Å². The molecule has 1 atom stereocenters. The van der Waals surface area contributed by atoms with Crippen LogP contribution in [0.3, 0.4) is 0 Å². The third-order valence-electron chi connectivity index (χ3n) is 3.16. The first-order valence-electron chi connectivity index (χ1n) is 6.41. The first-order chi connectivity index (χ1) is 8.88. The van der Waals surface area contributed by atoms with Crippen LogP contribution in [0.4, 0.5) is 0 Å². The Bertz CT molecular complexity index is 561. The zero-order chi connectivity index (χ0) is 14.0. The highest BCUT2D eigenvalue weighted by Gasteiger charge is 2.25.